The van der Waals surface area contributed by atoms with Gasteiger partial charge in [0, 0.05) is 0 Å². The van der Waals surface area contributed by atoms with E-state index in [9.17, 15) is 0 Å². The Bertz CT molecular complexity index is 557. The van der Waals surface area contributed by atoms with Crippen molar-refractivity contribution in [3.05, 3.63) is 29.8 Å². The highest BCUT2D eigenvalue weighted by Crippen LogP contribution is 2.60. The fourth-order valence-corrected chi connectivity index (χ4v) is 6.29. The van der Waals surface area contributed by atoms with E-state index in [0.29, 0.717) is 5.41 Å². The highest BCUT2D eigenvalue weighted by atomic mass is 127. The van der Waals surface area contributed by atoms with E-state index in [4.69, 9.17) is 4.74 Å². The molecule has 1 aromatic rings. The molecule has 2 nitrogen and oxygen atoms in total. The predicted octanol–water partition coefficient (Wildman–Crippen LogP) is 2.02. The zero-order chi connectivity index (χ0) is 17.5. The van der Waals surface area contributed by atoms with Crippen LogP contribution in [0.25, 0.3) is 0 Å². The second-order valence-electron chi connectivity index (χ2n) is 9.55. The first-order valence-corrected chi connectivity index (χ1v) is 10.6. The molecule has 4 aliphatic carbocycles. The minimum absolute atomic E-state index is 0. The molecule has 4 fully saturated rings. The van der Waals surface area contributed by atoms with Gasteiger partial charge in [0.05, 0.1) is 20.1 Å². The van der Waals surface area contributed by atoms with Crippen molar-refractivity contribution in [1.82, 2.24) is 0 Å². The molecule has 4 bridgehead atoms. The van der Waals surface area contributed by atoms with Gasteiger partial charge in [0.15, 0.2) is 0 Å². The molecule has 0 N–H and O–H groups in total. The molecule has 0 radical (unpaired) electrons. The van der Waals surface area contributed by atoms with Crippen molar-refractivity contribution in [1.29, 1.82) is 0 Å². The van der Waals surface area contributed by atoms with Crippen molar-refractivity contribution in [3.8, 4) is 5.75 Å². The van der Waals surface area contributed by atoms with Gasteiger partial charge in [-0.2, -0.15) is 0 Å². The monoisotopic (exact) mass is 469 g/mol. The molecular formula is C23H36INO. The summed E-state index contributed by atoms with van der Waals surface area (Å²) in [5.74, 6) is 4.09. The smallest absolute Gasteiger partial charge is 0.137 e. The van der Waals surface area contributed by atoms with Crippen molar-refractivity contribution in [2.24, 2.45) is 17.8 Å². The van der Waals surface area contributed by atoms with Gasteiger partial charge in [0.25, 0.3) is 0 Å². The van der Waals surface area contributed by atoms with Gasteiger partial charge in [0.2, 0.25) is 0 Å². The number of ether oxygens (including phenoxy) is 1. The van der Waals surface area contributed by atoms with Crippen LogP contribution in [0.5, 0.6) is 5.75 Å². The Balaban J connectivity index is 0.00000196. The standard InChI is InChI=1S/C23H36NO.HI/c1-4-24(3,5-2)10-11-25-22-8-6-21(7-9-22)23-15-18-12-19(16-23)14-20(13-18)17-23;/h6-9,18-20H,4-5,10-17H2,1-3H3;1H/q+1;/p-1. The predicted molar refractivity (Wildman–Crippen MR) is 104 cm³/mol. The lowest BCUT2D eigenvalue weighted by Crippen LogP contribution is -3.00. The van der Waals surface area contributed by atoms with Gasteiger partial charge in [-0.05, 0) is 93.2 Å². The Morgan fingerprint density at radius 3 is 1.88 bits per heavy atom. The molecule has 0 aliphatic heterocycles. The Hall–Kier alpha value is -0.290. The van der Waals surface area contributed by atoms with Crippen LogP contribution < -0.4 is 28.7 Å². The van der Waals surface area contributed by atoms with Crippen molar-refractivity contribution >= 4 is 0 Å². The first-order chi connectivity index (χ1) is 12.0. The zero-order valence-electron chi connectivity index (χ0n) is 16.8. The average molecular weight is 469 g/mol. The van der Waals surface area contributed by atoms with E-state index in [1.165, 1.54) is 51.6 Å². The van der Waals surface area contributed by atoms with E-state index >= 15 is 0 Å². The largest absolute Gasteiger partial charge is 1.00 e. The van der Waals surface area contributed by atoms with Gasteiger partial charge in [-0.3, -0.25) is 0 Å². The van der Waals surface area contributed by atoms with Crippen LogP contribution in [-0.2, 0) is 5.41 Å². The molecule has 5 rings (SSSR count). The molecule has 0 amide bonds. The molecule has 3 heteroatoms. The summed E-state index contributed by atoms with van der Waals surface area (Å²) in [6, 6.07) is 9.23. The number of rotatable bonds is 7. The molecule has 146 valence electrons. The normalized spacial score (nSPS) is 32.3. The molecule has 0 spiro atoms. The maximum absolute atomic E-state index is 6.06. The third-order valence-electron chi connectivity index (χ3n) is 7.93. The van der Waals surface area contributed by atoms with Crippen LogP contribution in [0.1, 0.15) is 57.9 Å². The summed E-state index contributed by atoms with van der Waals surface area (Å²) < 4.78 is 7.15. The number of quaternary nitrogens is 1. The van der Waals surface area contributed by atoms with Crippen molar-refractivity contribution < 1.29 is 33.2 Å². The van der Waals surface area contributed by atoms with Gasteiger partial charge in [-0.1, -0.05) is 12.1 Å². The number of hydrogen-bond acceptors (Lipinski definition) is 1. The lowest BCUT2D eigenvalue weighted by Gasteiger charge is -2.57. The van der Waals surface area contributed by atoms with Gasteiger partial charge >= 0.3 is 0 Å². The molecule has 0 unspecified atom stereocenters. The fraction of sp³-hybridized carbons (Fsp3) is 0.739. The number of hydrogen-bond donors (Lipinski definition) is 0. The molecular weight excluding hydrogens is 433 g/mol. The molecule has 4 saturated carbocycles. The van der Waals surface area contributed by atoms with E-state index in [1.54, 1.807) is 5.56 Å². The zero-order valence-corrected chi connectivity index (χ0v) is 19.0. The topological polar surface area (TPSA) is 9.23 Å². The summed E-state index contributed by atoms with van der Waals surface area (Å²) in [6.45, 7) is 8.78. The van der Waals surface area contributed by atoms with Gasteiger partial charge < -0.3 is 33.2 Å². The van der Waals surface area contributed by atoms with E-state index in [-0.39, 0.29) is 24.0 Å². The maximum atomic E-state index is 6.06. The second kappa shape index (κ2) is 7.98. The van der Waals surface area contributed by atoms with Crippen LogP contribution in [0.2, 0.25) is 0 Å². The summed E-state index contributed by atoms with van der Waals surface area (Å²) in [4.78, 5) is 0. The van der Waals surface area contributed by atoms with Crippen LogP contribution >= 0.6 is 0 Å². The first kappa shape index (κ1) is 20.4. The van der Waals surface area contributed by atoms with E-state index in [2.05, 4.69) is 45.2 Å². The van der Waals surface area contributed by atoms with Crippen LogP contribution in [-0.4, -0.2) is 37.8 Å². The summed E-state index contributed by atoms with van der Waals surface area (Å²) in [5, 5.41) is 0. The lowest BCUT2D eigenvalue weighted by molar-refractivity contribution is -0.906. The summed E-state index contributed by atoms with van der Waals surface area (Å²) >= 11 is 0. The number of likely N-dealkylation sites (N-methyl/N-ethyl adjacent to an activating group) is 1. The first-order valence-electron chi connectivity index (χ1n) is 10.6. The number of halogens is 1. The van der Waals surface area contributed by atoms with Crippen molar-refractivity contribution in [3.63, 3.8) is 0 Å². The Labute approximate surface area is 177 Å². The van der Waals surface area contributed by atoms with Crippen LogP contribution in [0.3, 0.4) is 0 Å². The van der Waals surface area contributed by atoms with Crippen LogP contribution in [0.4, 0.5) is 0 Å². The van der Waals surface area contributed by atoms with Gasteiger partial charge in [-0.15, -0.1) is 0 Å². The summed E-state index contributed by atoms with van der Waals surface area (Å²) in [5.41, 5.74) is 2.11. The van der Waals surface area contributed by atoms with Crippen molar-refractivity contribution in [2.75, 3.05) is 33.3 Å². The second-order valence-corrected chi connectivity index (χ2v) is 9.55. The summed E-state index contributed by atoms with van der Waals surface area (Å²) in [6.07, 6.45) is 8.90. The number of nitrogens with zero attached hydrogens (tertiary/aromatic N) is 1. The highest BCUT2D eigenvalue weighted by Gasteiger charge is 2.51. The fourth-order valence-electron chi connectivity index (χ4n) is 6.29. The Kier molecular flexibility index (Phi) is 6.28. The highest BCUT2D eigenvalue weighted by molar-refractivity contribution is 5.34. The van der Waals surface area contributed by atoms with Crippen LogP contribution in [0.15, 0.2) is 24.3 Å². The molecule has 1 aromatic carbocycles. The molecule has 0 aromatic heterocycles. The third kappa shape index (κ3) is 3.94. The lowest BCUT2D eigenvalue weighted by atomic mass is 9.48. The Morgan fingerprint density at radius 2 is 1.42 bits per heavy atom. The molecule has 0 atom stereocenters. The maximum Gasteiger partial charge on any atom is 0.137 e. The van der Waals surface area contributed by atoms with E-state index in [1.807, 2.05) is 0 Å². The quantitative estimate of drug-likeness (QED) is 0.439. The average Bonchev–Trinajstić information content (AvgIpc) is 2.61. The molecule has 0 saturated heterocycles. The van der Waals surface area contributed by atoms with Gasteiger partial charge in [-0.25, -0.2) is 0 Å². The minimum atomic E-state index is 0. The van der Waals surface area contributed by atoms with Crippen molar-refractivity contribution in [2.45, 2.75) is 57.8 Å². The van der Waals surface area contributed by atoms with E-state index < -0.39 is 0 Å². The molecule has 4 aliphatic rings. The minimum Gasteiger partial charge on any atom is -1.00 e. The van der Waals surface area contributed by atoms with Gasteiger partial charge in [0.1, 0.15) is 18.9 Å². The third-order valence-corrected chi connectivity index (χ3v) is 7.93. The summed E-state index contributed by atoms with van der Waals surface area (Å²) in [7, 11) is 2.32. The van der Waals surface area contributed by atoms with E-state index in [0.717, 1.165) is 41.1 Å². The Morgan fingerprint density at radius 1 is 0.923 bits per heavy atom. The SMILES string of the molecule is CC[N+](C)(CC)CCOc1ccc(C23CC4CC(CC(C4)C2)C3)cc1.[I-]. The number of benzene rings is 1. The molecule has 0 heterocycles. The molecule has 26 heavy (non-hydrogen) atoms. The van der Waals surface area contributed by atoms with Crippen LogP contribution in [0, 0.1) is 17.8 Å².